The van der Waals surface area contributed by atoms with E-state index in [2.05, 4.69) is 21.2 Å². The Bertz CT molecular complexity index is 624. The molecule has 106 valence electrons. The average molecular weight is 363 g/mol. The summed E-state index contributed by atoms with van der Waals surface area (Å²) in [5.74, 6) is -1.92. The van der Waals surface area contributed by atoms with Crippen LogP contribution in [-0.4, -0.2) is 11.7 Å². The molecule has 20 heavy (non-hydrogen) atoms. The van der Waals surface area contributed by atoms with Gasteiger partial charge >= 0.3 is 0 Å². The summed E-state index contributed by atoms with van der Waals surface area (Å²) in [5, 5.41) is 13.4. The monoisotopic (exact) mass is 361 g/mol. The molecular formula is C14H11BrClF2NO. The molecule has 0 saturated carbocycles. The molecule has 0 aliphatic carbocycles. The third-order valence-corrected chi connectivity index (χ3v) is 3.55. The van der Waals surface area contributed by atoms with Gasteiger partial charge in [0.15, 0.2) is 11.6 Å². The van der Waals surface area contributed by atoms with Gasteiger partial charge in [-0.3, -0.25) is 0 Å². The van der Waals surface area contributed by atoms with Gasteiger partial charge in [-0.2, -0.15) is 0 Å². The smallest absolute Gasteiger partial charge is 0.159 e. The van der Waals surface area contributed by atoms with Crippen LogP contribution in [-0.2, 0) is 0 Å². The van der Waals surface area contributed by atoms with Crippen LogP contribution in [0.25, 0.3) is 0 Å². The maximum atomic E-state index is 13.1. The second-order valence-electron chi connectivity index (χ2n) is 4.19. The van der Waals surface area contributed by atoms with Crippen molar-refractivity contribution in [1.29, 1.82) is 0 Å². The zero-order valence-corrected chi connectivity index (χ0v) is 12.5. The van der Waals surface area contributed by atoms with Crippen LogP contribution in [0, 0.1) is 11.6 Å². The average Bonchev–Trinajstić information content (AvgIpc) is 2.40. The van der Waals surface area contributed by atoms with Crippen molar-refractivity contribution in [2.75, 3.05) is 11.9 Å². The van der Waals surface area contributed by atoms with Gasteiger partial charge in [0.25, 0.3) is 0 Å². The topological polar surface area (TPSA) is 32.3 Å². The molecule has 2 aromatic carbocycles. The predicted molar refractivity (Wildman–Crippen MR) is 79.0 cm³/mol. The first-order chi connectivity index (χ1) is 9.47. The third kappa shape index (κ3) is 3.69. The molecule has 0 spiro atoms. The molecule has 2 N–H and O–H groups in total. The first kappa shape index (κ1) is 15.2. The van der Waals surface area contributed by atoms with Gasteiger partial charge < -0.3 is 10.4 Å². The number of aliphatic hydroxyl groups is 1. The molecule has 0 aliphatic rings. The van der Waals surface area contributed by atoms with Crippen LogP contribution < -0.4 is 5.32 Å². The van der Waals surface area contributed by atoms with Crippen LogP contribution in [0.15, 0.2) is 40.9 Å². The largest absolute Gasteiger partial charge is 0.387 e. The summed E-state index contributed by atoms with van der Waals surface area (Å²) < 4.78 is 26.7. The second-order valence-corrected chi connectivity index (χ2v) is 5.52. The predicted octanol–water partition coefficient (Wildman–Crippen LogP) is 4.53. The van der Waals surface area contributed by atoms with Gasteiger partial charge in [-0.25, -0.2) is 8.78 Å². The molecule has 2 rings (SSSR count). The number of hydrogen-bond acceptors (Lipinski definition) is 2. The third-order valence-electron chi connectivity index (χ3n) is 2.75. The molecule has 0 bridgehead atoms. The first-order valence-corrected chi connectivity index (χ1v) is 6.96. The van der Waals surface area contributed by atoms with Crippen molar-refractivity contribution in [3.63, 3.8) is 0 Å². The number of rotatable bonds is 4. The summed E-state index contributed by atoms with van der Waals surface area (Å²) >= 11 is 9.31. The number of nitrogens with one attached hydrogen (secondary N) is 1. The fraction of sp³-hybridized carbons (Fsp3) is 0.143. The highest BCUT2D eigenvalue weighted by molar-refractivity contribution is 9.10. The molecule has 6 heteroatoms. The molecule has 0 radical (unpaired) electrons. The van der Waals surface area contributed by atoms with E-state index in [0.29, 0.717) is 16.3 Å². The van der Waals surface area contributed by atoms with E-state index in [1.165, 1.54) is 6.07 Å². The van der Waals surface area contributed by atoms with Gasteiger partial charge in [-0.05, 0) is 35.9 Å². The molecule has 2 nitrogen and oxygen atoms in total. The van der Waals surface area contributed by atoms with Crippen LogP contribution in [0.4, 0.5) is 14.5 Å². The van der Waals surface area contributed by atoms with Gasteiger partial charge in [0.05, 0.1) is 16.8 Å². The minimum atomic E-state index is -0.983. The summed E-state index contributed by atoms with van der Waals surface area (Å²) in [6.07, 6.45) is -0.968. The SMILES string of the molecule is OC(CNc1ccc(Br)cc1Cl)c1ccc(F)c(F)c1. The van der Waals surface area contributed by atoms with Crippen molar-refractivity contribution < 1.29 is 13.9 Å². The lowest BCUT2D eigenvalue weighted by molar-refractivity contribution is 0.191. The molecule has 0 heterocycles. The Morgan fingerprint density at radius 3 is 2.55 bits per heavy atom. The van der Waals surface area contributed by atoms with E-state index in [-0.39, 0.29) is 6.54 Å². The molecule has 1 atom stereocenters. The number of anilines is 1. The molecule has 0 saturated heterocycles. The minimum Gasteiger partial charge on any atom is -0.387 e. The maximum absolute atomic E-state index is 13.1. The fourth-order valence-corrected chi connectivity index (χ4v) is 2.42. The summed E-state index contributed by atoms with van der Waals surface area (Å²) in [6.45, 7) is 0.131. The Hall–Kier alpha value is -1.17. The van der Waals surface area contributed by atoms with Crippen molar-refractivity contribution in [3.8, 4) is 0 Å². The van der Waals surface area contributed by atoms with Gasteiger partial charge in [-0.1, -0.05) is 33.6 Å². The van der Waals surface area contributed by atoms with Gasteiger partial charge in [-0.15, -0.1) is 0 Å². The van der Waals surface area contributed by atoms with E-state index < -0.39 is 17.7 Å². The van der Waals surface area contributed by atoms with E-state index in [1.54, 1.807) is 18.2 Å². The van der Waals surface area contributed by atoms with Crippen LogP contribution in [0.5, 0.6) is 0 Å². The Morgan fingerprint density at radius 1 is 1.15 bits per heavy atom. The van der Waals surface area contributed by atoms with Gasteiger partial charge in [0.2, 0.25) is 0 Å². The van der Waals surface area contributed by atoms with E-state index >= 15 is 0 Å². The fourth-order valence-electron chi connectivity index (χ4n) is 1.68. The van der Waals surface area contributed by atoms with E-state index in [9.17, 15) is 13.9 Å². The standard InChI is InChI=1S/C14H11BrClF2NO/c15-9-2-4-13(10(16)6-9)19-7-14(20)8-1-3-11(17)12(18)5-8/h1-6,14,19-20H,7H2. The molecule has 1 unspecified atom stereocenters. The van der Waals surface area contributed by atoms with Gasteiger partial charge in [0, 0.05) is 11.0 Å². The first-order valence-electron chi connectivity index (χ1n) is 5.79. The van der Waals surface area contributed by atoms with Crippen LogP contribution in [0.1, 0.15) is 11.7 Å². The second kappa shape index (κ2) is 6.52. The molecular weight excluding hydrogens is 352 g/mol. The number of aliphatic hydroxyl groups excluding tert-OH is 1. The molecule has 0 fully saturated rings. The quantitative estimate of drug-likeness (QED) is 0.838. The van der Waals surface area contributed by atoms with E-state index in [0.717, 1.165) is 16.6 Å². The maximum Gasteiger partial charge on any atom is 0.159 e. The Balaban J connectivity index is 2.04. The molecule has 0 aromatic heterocycles. The summed E-state index contributed by atoms with van der Waals surface area (Å²) in [5.41, 5.74) is 0.945. The lowest BCUT2D eigenvalue weighted by Crippen LogP contribution is -2.12. The lowest BCUT2D eigenvalue weighted by atomic mass is 10.1. The minimum absolute atomic E-state index is 0.131. The zero-order valence-electron chi connectivity index (χ0n) is 10.2. The Kier molecular flexibility index (Phi) is 4.96. The molecule has 0 aliphatic heterocycles. The summed E-state index contributed by atoms with van der Waals surface area (Å²) in [7, 11) is 0. The Labute approximate surface area is 128 Å². The van der Waals surface area contributed by atoms with Crippen molar-refractivity contribution in [2.24, 2.45) is 0 Å². The van der Waals surface area contributed by atoms with Gasteiger partial charge in [0.1, 0.15) is 0 Å². The Morgan fingerprint density at radius 2 is 1.90 bits per heavy atom. The van der Waals surface area contributed by atoms with Crippen molar-refractivity contribution >= 4 is 33.2 Å². The van der Waals surface area contributed by atoms with Crippen molar-refractivity contribution in [1.82, 2.24) is 0 Å². The number of halogens is 4. The normalized spacial score (nSPS) is 12.2. The molecule has 2 aromatic rings. The van der Waals surface area contributed by atoms with Crippen molar-refractivity contribution in [3.05, 3.63) is 63.1 Å². The summed E-state index contributed by atoms with van der Waals surface area (Å²) in [4.78, 5) is 0. The van der Waals surface area contributed by atoms with Crippen LogP contribution >= 0.6 is 27.5 Å². The summed E-state index contributed by atoms with van der Waals surface area (Å²) in [6, 6.07) is 8.58. The van der Waals surface area contributed by atoms with Crippen molar-refractivity contribution in [2.45, 2.75) is 6.10 Å². The highest BCUT2D eigenvalue weighted by Crippen LogP contribution is 2.26. The highest BCUT2D eigenvalue weighted by Gasteiger charge is 2.11. The molecule has 0 amide bonds. The van der Waals surface area contributed by atoms with Crippen LogP contribution in [0.2, 0.25) is 5.02 Å². The number of hydrogen-bond donors (Lipinski definition) is 2. The highest BCUT2D eigenvalue weighted by atomic mass is 79.9. The van der Waals surface area contributed by atoms with E-state index in [4.69, 9.17) is 11.6 Å². The number of benzene rings is 2. The lowest BCUT2D eigenvalue weighted by Gasteiger charge is -2.14. The van der Waals surface area contributed by atoms with Crippen LogP contribution in [0.3, 0.4) is 0 Å². The zero-order chi connectivity index (χ0) is 14.7. The van der Waals surface area contributed by atoms with E-state index in [1.807, 2.05) is 0 Å².